The van der Waals surface area contributed by atoms with Crippen LogP contribution < -0.4 is 9.80 Å². The second-order valence-electron chi connectivity index (χ2n) is 11.2. The molecule has 0 N–H and O–H groups in total. The van der Waals surface area contributed by atoms with E-state index in [1.54, 1.807) is 4.90 Å². The number of benzene rings is 1. The second kappa shape index (κ2) is 11.6. The summed E-state index contributed by atoms with van der Waals surface area (Å²) in [5.74, 6) is 1.62. The first-order valence-corrected chi connectivity index (χ1v) is 14.1. The molecule has 2 fully saturated rings. The van der Waals surface area contributed by atoms with E-state index < -0.39 is 5.60 Å². The number of nitrogens with zero attached hydrogens (tertiary/aromatic N) is 6. The molecule has 206 valence electrons. The Morgan fingerprint density at radius 2 is 1.74 bits per heavy atom. The van der Waals surface area contributed by atoms with Gasteiger partial charge in [0.2, 0.25) is 0 Å². The van der Waals surface area contributed by atoms with Crippen LogP contribution in [-0.2, 0) is 15.9 Å². The summed E-state index contributed by atoms with van der Waals surface area (Å²) in [6.45, 7) is 14.9. The number of hydrogen-bond donors (Lipinski definition) is 0. The lowest BCUT2D eigenvalue weighted by atomic mass is 10.1. The fourth-order valence-electron chi connectivity index (χ4n) is 5.32. The number of anilines is 2. The van der Waals surface area contributed by atoms with Crippen molar-refractivity contribution in [2.24, 2.45) is 0 Å². The first-order chi connectivity index (χ1) is 18.3. The van der Waals surface area contributed by atoms with E-state index in [9.17, 15) is 4.79 Å². The van der Waals surface area contributed by atoms with Gasteiger partial charge in [-0.15, -0.1) is 0 Å². The van der Waals surface area contributed by atoms with Crippen LogP contribution in [0, 0.1) is 0 Å². The Labute approximate surface area is 230 Å². The monoisotopic (exact) mass is 542 g/mol. The first kappa shape index (κ1) is 27.0. The summed E-state index contributed by atoms with van der Waals surface area (Å²) in [7, 11) is 0. The summed E-state index contributed by atoms with van der Waals surface area (Å²) in [5, 5.41) is 0.547. The number of piperazine rings is 1. The van der Waals surface area contributed by atoms with E-state index in [2.05, 4.69) is 26.8 Å². The number of morpholine rings is 1. The summed E-state index contributed by atoms with van der Waals surface area (Å²) in [5.41, 5.74) is 2.57. The summed E-state index contributed by atoms with van der Waals surface area (Å²) in [6, 6.07) is 8.21. The average molecular weight is 543 g/mol. The van der Waals surface area contributed by atoms with Crippen molar-refractivity contribution in [2.45, 2.75) is 39.2 Å². The highest BCUT2D eigenvalue weighted by Gasteiger charge is 2.29. The number of fused-ring (bicyclic) bond motifs is 1. The van der Waals surface area contributed by atoms with E-state index in [0.717, 1.165) is 81.4 Å². The molecule has 38 heavy (non-hydrogen) atoms. The standard InChI is InChI=1S/C28H39ClN6O3/c1-28(2,3)38-27(36)35-15-13-33(14-16-35)23-8-5-4-7-21(23)25-30-24(29)22-9-12-34(26(22)31-25)11-6-10-32-17-19-37-20-18-32/h4-5,7-8H,6,9-20H2,1-3H3. The van der Waals surface area contributed by atoms with Crippen LogP contribution in [0.5, 0.6) is 0 Å². The third kappa shape index (κ3) is 6.33. The van der Waals surface area contributed by atoms with Crippen molar-refractivity contribution in [2.75, 3.05) is 81.9 Å². The molecule has 1 aromatic carbocycles. The number of halogens is 1. The van der Waals surface area contributed by atoms with Crippen LogP contribution in [0.25, 0.3) is 11.4 Å². The van der Waals surface area contributed by atoms with Gasteiger partial charge in [-0.25, -0.2) is 14.8 Å². The third-order valence-electron chi connectivity index (χ3n) is 7.29. The van der Waals surface area contributed by atoms with Crippen molar-refractivity contribution < 1.29 is 14.3 Å². The molecular formula is C28H39ClN6O3. The number of carbonyl (C=O) groups excluding carboxylic acids is 1. The number of para-hydroxylation sites is 1. The Morgan fingerprint density at radius 3 is 2.47 bits per heavy atom. The molecule has 0 unspecified atom stereocenters. The van der Waals surface area contributed by atoms with Crippen LogP contribution in [0.15, 0.2) is 24.3 Å². The van der Waals surface area contributed by atoms with Crippen molar-refractivity contribution in [3.8, 4) is 11.4 Å². The van der Waals surface area contributed by atoms with Crippen molar-refractivity contribution in [1.29, 1.82) is 0 Å². The van der Waals surface area contributed by atoms with E-state index in [4.69, 9.17) is 31.0 Å². The maximum atomic E-state index is 12.5. The predicted molar refractivity (Wildman–Crippen MR) is 150 cm³/mol. The van der Waals surface area contributed by atoms with Gasteiger partial charge in [0.25, 0.3) is 0 Å². The van der Waals surface area contributed by atoms with E-state index in [0.29, 0.717) is 37.2 Å². The topological polar surface area (TPSA) is 74.3 Å². The zero-order valence-electron chi connectivity index (χ0n) is 22.8. The van der Waals surface area contributed by atoms with Gasteiger partial charge in [0.15, 0.2) is 5.82 Å². The average Bonchev–Trinajstić information content (AvgIpc) is 3.32. The normalized spacial score (nSPS) is 18.6. The summed E-state index contributed by atoms with van der Waals surface area (Å²) >= 11 is 6.72. The number of aromatic nitrogens is 2. The van der Waals surface area contributed by atoms with Gasteiger partial charge >= 0.3 is 6.09 Å². The molecule has 2 saturated heterocycles. The molecule has 4 heterocycles. The van der Waals surface area contributed by atoms with Gasteiger partial charge in [-0.05, 0) is 45.7 Å². The van der Waals surface area contributed by atoms with E-state index in [-0.39, 0.29) is 6.09 Å². The highest BCUT2D eigenvalue weighted by molar-refractivity contribution is 6.30. The molecule has 10 heteroatoms. The third-order valence-corrected chi connectivity index (χ3v) is 7.60. The molecule has 1 amide bonds. The van der Waals surface area contributed by atoms with Crippen molar-refractivity contribution in [3.63, 3.8) is 0 Å². The van der Waals surface area contributed by atoms with Gasteiger partial charge in [-0.2, -0.15) is 0 Å². The molecule has 0 radical (unpaired) electrons. The van der Waals surface area contributed by atoms with Crippen LogP contribution in [0.3, 0.4) is 0 Å². The molecule has 0 bridgehead atoms. The van der Waals surface area contributed by atoms with Crippen molar-refractivity contribution in [3.05, 3.63) is 35.0 Å². The minimum absolute atomic E-state index is 0.257. The number of rotatable bonds is 6. The lowest BCUT2D eigenvalue weighted by Crippen LogP contribution is -2.50. The SMILES string of the molecule is CC(C)(C)OC(=O)N1CCN(c2ccccc2-c2nc(Cl)c3c(n2)N(CCCN2CCOCC2)CC3)CC1. The largest absolute Gasteiger partial charge is 0.444 e. The Balaban J connectivity index is 1.28. The Kier molecular flexibility index (Phi) is 8.26. The number of carbonyl (C=O) groups is 1. The molecule has 0 aliphatic carbocycles. The van der Waals surface area contributed by atoms with Gasteiger partial charge in [-0.1, -0.05) is 23.7 Å². The van der Waals surface area contributed by atoms with Gasteiger partial charge in [0, 0.05) is 75.7 Å². The number of ether oxygens (including phenoxy) is 2. The quantitative estimate of drug-likeness (QED) is 0.508. The number of amides is 1. The van der Waals surface area contributed by atoms with E-state index >= 15 is 0 Å². The molecule has 0 spiro atoms. The van der Waals surface area contributed by atoms with Crippen LogP contribution in [-0.4, -0.2) is 104 Å². The van der Waals surface area contributed by atoms with Crippen LogP contribution in [0.1, 0.15) is 32.8 Å². The van der Waals surface area contributed by atoms with Crippen LogP contribution in [0.4, 0.5) is 16.3 Å². The van der Waals surface area contributed by atoms with Crippen molar-refractivity contribution in [1.82, 2.24) is 19.8 Å². The Morgan fingerprint density at radius 1 is 1.00 bits per heavy atom. The highest BCUT2D eigenvalue weighted by Crippen LogP contribution is 2.36. The fraction of sp³-hybridized carbons (Fsp3) is 0.607. The summed E-state index contributed by atoms with van der Waals surface area (Å²) in [4.78, 5) is 31.2. The van der Waals surface area contributed by atoms with Gasteiger partial charge < -0.3 is 24.2 Å². The van der Waals surface area contributed by atoms with E-state index in [1.807, 2.05) is 32.9 Å². The lowest BCUT2D eigenvalue weighted by molar-refractivity contribution is 0.0240. The molecule has 9 nitrogen and oxygen atoms in total. The minimum atomic E-state index is -0.499. The minimum Gasteiger partial charge on any atom is -0.444 e. The van der Waals surface area contributed by atoms with E-state index in [1.165, 1.54) is 0 Å². The Hall–Kier alpha value is -2.62. The molecule has 0 saturated carbocycles. The van der Waals surface area contributed by atoms with Crippen molar-refractivity contribution >= 4 is 29.2 Å². The zero-order valence-corrected chi connectivity index (χ0v) is 23.5. The lowest BCUT2D eigenvalue weighted by Gasteiger charge is -2.37. The summed E-state index contributed by atoms with van der Waals surface area (Å²) < 4.78 is 11.0. The van der Waals surface area contributed by atoms with Crippen LogP contribution >= 0.6 is 11.6 Å². The fourth-order valence-corrected chi connectivity index (χ4v) is 5.58. The summed E-state index contributed by atoms with van der Waals surface area (Å²) in [6.07, 6.45) is 1.70. The molecule has 3 aliphatic heterocycles. The van der Waals surface area contributed by atoms with Gasteiger partial charge in [0.05, 0.1) is 13.2 Å². The molecular weight excluding hydrogens is 504 g/mol. The van der Waals surface area contributed by atoms with Gasteiger partial charge in [-0.3, -0.25) is 4.90 Å². The maximum Gasteiger partial charge on any atom is 0.410 e. The van der Waals surface area contributed by atoms with Gasteiger partial charge in [0.1, 0.15) is 16.6 Å². The first-order valence-electron chi connectivity index (χ1n) is 13.7. The molecule has 2 aromatic rings. The molecule has 0 atom stereocenters. The molecule has 1 aromatic heterocycles. The Bertz CT molecular complexity index is 1130. The highest BCUT2D eigenvalue weighted by atomic mass is 35.5. The maximum absolute atomic E-state index is 12.5. The zero-order chi connectivity index (χ0) is 26.7. The number of hydrogen-bond acceptors (Lipinski definition) is 8. The van der Waals surface area contributed by atoms with Crippen LogP contribution in [0.2, 0.25) is 5.15 Å². The molecule has 5 rings (SSSR count). The molecule has 3 aliphatic rings. The second-order valence-corrected chi connectivity index (χ2v) is 11.5. The smallest absolute Gasteiger partial charge is 0.410 e. The predicted octanol–water partition coefficient (Wildman–Crippen LogP) is 3.94.